The van der Waals surface area contributed by atoms with Crippen LogP contribution in [-0.4, -0.2) is 23.5 Å². The Balaban J connectivity index is 2.25. The Hall–Kier alpha value is -1.84. The van der Waals surface area contributed by atoms with E-state index in [1.54, 1.807) is 24.3 Å². The summed E-state index contributed by atoms with van der Waals surface area (Å²) in [6.07, 6.45) is 4.45. The zero-order chi connectivity index (χ0) is 14.1. The highest BCUT2D eigenvalue weighted by molar-refractivity contribution is 5.87. The van der Waals surface area contributed by atoms with Crippen molar-refractivity contribution in [2.24, 2.45) is 0 Å². The standard InChI is InChI=1S/C15H21NO3/c1-2-3-4-5-14(17)16-11-10-12-6-8-13(9-7-12)15(18)19/h6-9H,2-5,10-11H2,1H3,(H,16,17)(H,18,19). The normalized spacial score (nSPS) is 10.2. The molecule has 2 N–H and O–H groups in total. The predicted molar refractivity (Wildman–Crippen MR) is 74.3 cm³/mol. The van der Waals surface area contributed by atoms with Gasteiger partial charge in [0.05, 0.1) is 5.56 Å². The Morgan fingerprint density at radius 2 is 1.84 bits per heavy atom. The van der Waals surface area contributed by atoms with E-state index < -0.39 is 5.97 Å². The molecule has 0 atom stereocenters. The van der Waals surface area contributed by atoms with E-state index >= 15 is 0 Å². The van der Waals surface area contributed by atoms with E-state index in [2.05, 4.69) is 12.2 Å². The van der Waals surface area contributed by atoms with Crippen molar-refractivity contribution in [2.75, 3.05) is 6.54 Å². The van der Waals surface area contributed by atoms with Gasteiger partial charge in [0.2, 0.25) is 5.91 Å². The van der Waals surface area contributed by atoms with Crippen LogP contribution in [0.3, 0.4) is 0 Å². The van der Waals surface area contributed by atoms with E-state index in [1.165, 1.54) is 0 Å². The van der Waals surface area contributed by atoms with Crippen LogP contribution < -0.4 is 5.32 Å². The molecule has 104 valence electrons. The van der Waals surface area contributed by atoms with Gasteiger partial charge in [0.15, 0.2) is 0 Å². The zero-order valence-electron chi connectivity index (χ0n) is 11.3. The molecule has 1 aromatic rings. The number of hydrogen-bond donors (Lipinski definition) is 2. The van der Waals surface area contributed by atoms with Crippen LogP contribution in [0.15, 0.2) is 24.3 Å². The molecule has 0 heterocycles. The third-order valence-electron chi connectivity index (χ3n) is 2.94. The van der Waals surface area contributed by atoms with Crippen molar-refractivity contribution in [2.45, 2.75) is 39.0 Å². The van der Waals surface area contributed by atoms with E-state index in [4.69, 9.17) is 5.11 Å². The number of carbonyl (C=O) groups is 2. The number of unbranched alkanes of at least 4 members (excludes halogenated alkanes) is 2. The molecule has 0 bridgehead atoms. The number of carbonyl (C=O) groups excluding carboxylic acids is 1. The number of benzene rings is 1. The number of aromatic carboxylic acids is 1. The minimum atomic E-state index is -0.921. The van der Waals surface area contributed by atoms with E-state index in [9.17, 15) is 9.59 Å². The summed E-state index contributed by atoms with van der Waals surface area (Å²) in [6.45, 7) is 2.70. The van der Waals surface area contributed by atoms with Crippen LogP contribution in [0.4, 0.5) is 0 Å². The van der Waals surface area contributed by atoms with Crippen molar-refractivity contribution in [1.82, 2.24) is 5.32 Å². The fourth-order valence-electron chi connectivity index (χ4n) is 1.78. The van der Waals surface area contributed by atoms with E-state index in [1.807, 2.05) is 0 Å². The maximum Gasteiger partial charge on any atom is 0.335 e. The van der Waals surface area contributed by atoms with E-state index in [0.29, 0.717) is 13.0 Å². The Bertz CT molecular complexity index is 412. The number of hydrogen-bond acceptors (Lipinski definition) is 2. The average molecular weight is 263 g/mol. The van der Waals surface area contributed by atoms with E-state index in [0.717, 1.165) is 31.2 Å². The molecule has 1 rings (SSSR count). The van der Waals surface area contributed by atoms with Gasteiger partial charge in [0, 0.05) is 13.0 Å². The third-order valence-corrected chi connectivity index (χ3v) is 2.94. The molecular formula is C15H21NO3. The zero-order valence-corrected chi connectivity index (χ0v) is 11.3. The van der Waals surface area contributed by atoms with Gasteiger partial charge in [-0.15, -0.1) is 0 Å². The van der Waals surface area contributed by atoms with Gasteiger partial charge in [-0.05, 0) is 30.5 Å². The van der Waals surface area contributed by atoms with Crippen LogP contribution in [0.25, 0.3) is 0 Å². The highest BCUT2D eigenvalue weighted by Gasteiger charge is 2.03. The highest BCUT2D eigenvalue weighted by Crippen LogP contribution is 2.05. The van der Waals surface area contributed by atoms with Gasteiger partial charge in [0.1, 0.15) is 0 Å². The molecule has 0 aliphatic carbocycles. The Morgan fingerprint density at radius 3 is 2.42 bits per heavy atom. The number of carboxylic acid groups (broad SMARTS) is 1. The minimum absolute atomic E-state index is 0.0932. The quantitative estimate of drug-likeness (QED) is 0.708. The Morgan fingerprint density at radius 1 is 1.16 bits per heavy atom. The molecule has 0 fully saturated rings. The lowest BCUT2D eigenvalue weighted by atomic mass is 10.1. The Labute approximate surface area is 113 Å². The summed E-state index contributed by atoms with van der Waals surface area (Å²) in [6, 6.07) is 6.74. The topological polar surface area (TPSA) is 66.4 Å². The van der Waals surface area contributed by atoms with Crippen molar-refractivity contribution in [3.05, 3.63) is 35.4 Å². The average Bonchev–Trinajstić information content (AvgIpc) is 2.39. The van der Waals surface area contributed by atoms with Crippen molar-refractivity contribution >= 4 is 11.9 Å². The molecule has 4 heteroatoms. The molecule has 0 saturated carbocycles. The summed E-state index contributed by atoms with van der Waals surface area (Å²) in [5.74, 6) is -0.827. The molecule has 1 amide bonds. The smallest absolute Gasteiger partial charge is 0.335 e. The van der Waals surface area contributed by atoms with Crippen molar-refractivity contribution < 1.29 is 14.7 Å². The van der Waals surface area contributed by atoms with Crippen LogP contribution in [-0.2, 0) is 11.2 Å². The second-order valence-electron chi connectivity index (χ2n) is 4.56. The maximum absolute atomic E-state index is 11.5. The summed E-state index contributed by atoms with van der Waals surface area (Å²) in [4.78, 5) is 22.1. The summed E-state index contributed by atoms with van der Waals surface area (Å²) in [7, 11) is 0. The van der Waals surface area contributed by atoms with Gasteiger partial charge in [-0.3, -0.25) is 4.79 Å². The molecule has 0 unspecified atom stereocenters. The van der Waals surface area contributed by atoms with Gasteiger partial charge >= 0.3 is 5.97 Å². The molecule has 0 aliphatic rings. The minimum Gasteiger partial charge on any atom is -0.478 e. The van der Waals surface area contributed by atoms with Gasteiger partial charge in [-0.1, -0.05) is 31.9 Å². The SMILES string of the molecule is CCCCCC(=O)NCCc1ccc(C(=O)O)cc1. The summed E-state index contributed by atoms with van der Waals surface area (Å²) >= 11 is 0. The fourth-order valence-corrected chi connectivity index (χ4v) is 1.78. The van der Waals surface area contributed by atoms with Gasteiger partial charge in [-0.2, -0.15) is 0 Å². The molecule has 0 radical (unpaired) electrons. The van der Waals surface area contributed by atoms with Gasteiger partial charge < -0.3 is 10.4 Å². The van der Waals surface area contributed by atoms with Crippen LogP contribution >= 0.6 is 0 Å². The fraction of sp³-hybridized carbons (Fsp3) is 0.467. The number of amides is 1. The maximum atomic E-state index is 11.5. The summed E-state index contributed by atoms with van der Waals surface area (Å²) in [5, 5.41) is 11.6. The second-order valence-corrected chi connectivity index (χ2v) is 4.56. The lowest BCUT2D eigenvalue weighted by Gasteiger charge is -2.05. The van der Waals surface area contributed by atoms with Crippen LogP contribution in [0.5, 0.6) is 0 Å². The summed E-state index contributed by atoms with van der Waals surface area (Å²) < 4.78 is 0. The number of nitrogens with one attached hydrogen (secondary N) is 1. The van der Waals surface area contributed by atoms with Gasteiger partial charge in [-0.25, -0.2) is 4.79 Å². The lowest BCUT2D eigenvalue weighted by molar-refractivity contribution is -0.121. The molecule has 0 aromatic heterocycles. The van der Waals surface area contributed by atoms with Crippen molar-refractivity contribution in [3.8, 4) is 0 Å². The molecule has 0 spiro atoms. The molecule has 4 nitrogen and oxygen atoms in total. The van der Waals surface area contributed by atoms with E-state index in [-0.39, 0.29) is 11.5 Å². The first-order valence-corrected chi connectivity index (χ1v) is 6.72. The van der Waals surface area contributed by atoms with Crippen molar-refractivity contribution in [3.63, 3.8) is 0 Å². The van der Waals surface area contributed by atoms with Crippen molar-refractivity contribution in [1.29, 1.82) is 0 Å². The number of rotatable bonds is 8. The molecular weight excluding hydrogens is 242 g/mol. The first kappa shape index (κ1) is 15.2. The lowest BCUT2D eigenvalue weighted by Crippen LogP contribution is -2.25. The molecule has 1 aromatic carbocycles. The highest BCUT2D eigenvalue weighted by atomic mass is 16.4. The van der Waals surface area contributed by atoms with Gasteiger partial charge in [0.25, 0.3) is 0 Å². The monoisotopic (exact) mass is 263 g/mol. The molecule has 0 saturated heterocycles. The van der Waals surface area contributed by atoms with Crippen LogP contribution in [0, 0.1) is 0 Å². The molecule has 19 heavy (non-hydrogen) atoms. The largest absolute Gasteiger partial charge is 0.478 e. The Kier molecular flexibility index (Phi) is 6.64. The first-order chi connectivity index (χ1) is 9.13. The molecule has 0 aliphatic heterocycles. The van der Waals surface area contributed by atoms with Crippen LogP contribution in [0.2, 0.25) is 0 Å². The second kappa shape index (κ2) is 8.29. The summed E-state index contributed by atoms with van der Waals surface area (Å²) in [5.41, 5.74) is 1.31. The predicted octanol–water partition coefficient (Wildman–Crippen LogP) is 2.62. The number of carboxylic acids is 1. The first-order valence-electron chi connectivity index (χ1n) is 6.72. The van der Waals surface area contributed by atoms with Crippen LogP contribution in [0.1, 0.15) is 48.5 Å². The third kappa shape index (κ3) is 6.04.